The molecule has 1 aliphatic rings. The average molecular weight is 263 g/mol. The first-order chi connectivity index (χ1) is 9.26. The topological polar surface area (TPSA) is 43.7 Å². The van der Waals surface area contributed by atoms with E-state index in [1.54, 1.807) is 0 Å². The molecular formula is C16H25NO2. The first-order valence-electron chi connectivity index (χ1n) is 7.33. The van der Waals surface area contributed by atoms with Crippen molar-refractivity contribution in [3.05, 3.63) is 35.9 Å². The van der Waals surface area contributed by atoms with Gasteiger partial charge in [0.05, 0.1) is 18.8 Å². The van der Waals surface area contributed by atoms with E-state index < -0.39 is 0 Å². The summed E-state index contributed by atoms with van der Waals surface area (Å²) in [6, 6.07) is 10.2. The molecule has 1 saturated heterocycles. The quantitative estimate of drug-likeness (QED) is 0.825. The van der Waals surface area contributed by atoms with Crippen molar-refractivity contribution in [2.45, 2.75) is 44.9 Å². The van der Waals surface area contributed by atoms with Crippen LogP contribution in [0.3, 0.4) is 0 Å². The third-order valence-corrected chi connectivity index (χ3v) is 4.16. The number of hydrogen-bond acceptors (Lipinski definition) is 3. The summed E-state index contributed by atoms with van der Waals surface area (Å²) in [7, 11) is 0. The summed E-state index contributed by atoms with van der Waals surface area (Å²) in [6.45, 7) is 3.91. The molecule has 106 valence electrons. The van der Waals surface area contributed by atoms with Crippen molar-refractivity contribution in [1.82, 2.24) is 4.90 Å². The zero-order valence-corrected chi connectivity index (χ0v) is 11.7. The van der Waals surface area contributed by atoms with Crippen molar-refractivity contribution < 1.29 is 10.2 Å². The number of nitrogens with zero attached hydrogens (tertiary/aromatic N) is 1. The van der Waals surface area contributed by atoms with Gasteiger partial charge in [-0.3, -0.25) is 4.90 Å². The lowest BCUT2D eigenvalue weighted by atomic mass is 9.96. The third kappa shape index (κ3) is 3.56. The van der Waals surface area contributed by atoms with Crippen LogP contribution in [0, 0.1) is 5.92 Å². The highest BCUT2D eigenvalue weighted by molar-refractivity contribution is 5.15. The lowest BCUT2D eigenvalue weighted by molar-refractivity contribution is 0.0544. The third-order valence-electron chi connectivity index (χ3n) is 4.16. The Morgan fingerprint density at radius 1 is 1.26 bits per heavy atom. The molecule has 3 nitrogen and oxygen atoms in total. The summed E-state index contributed by atoms with van der Waals surface area (Å²) < 4.78 is 0. The van der Waals surface area contributed by atoms with E-state index in [-0.39, 0.29) is 18.8 Å². The SMILES string of the molecule is CCCC[C@H]1CN(Cc2ccccc2)[C@@H](CO)[C@@H]1O. The van der Waals surface area contributed by atoms with Gasteiger partial charge in [0.1, 0.15) is 0 Å². The number of benzene rings is 1. The minimum Gasteiger partial charge on any atom is -0.395 e. The van der Waals surface area contributed by atoms with E-state index >= 15 is 0 Å². The van der Waals surface area contributed by atoms with Gasteiger partial charge in [0, 0.05) is 13.1 Å². The fourth-order valence-electron chi connectivity index (χ4n) is 3.03. The molecule has 0 aromatic heterocycles. The average Bonchev–Trinajstić information content (AvgIpc) is 2.73. The molecule has 2 N–H and O–H groups in total. The monoisotopic (exact) mass is 263 g/mol. The predicted octanol–water partition coefficient (Wildman–Crippen LogP) is 2.03. The number of likely N-dealkylation sites (tertiary alicyclic amines) is 1. The van der Waals surface area contributed by atoms with Gasteiger partial charge >= 0.3 is 0 Å². The first-order valence-corrected chi connectivity index (χ1v) is 7.33. The van der Waals surface area contributed by atoms with Crippen LogP contribution in [0.2, 0.25) is 0 Å². The van der Waals surface area contributed by atoms with E-state index in [9.17, 15) is 10.2 Å². The van der Waals surface area contributed by atoms with E-state index in [1.807, 2.05) is 18.2 Å². The fourth-order valence-corrected chi connectivity index (χ4v) is 3.03. The van der Waals surface area contributed by atoms with E-state index in [2.05, 4.69) is 24.0 Å². The van der Waals surface area contributed by atoms with Gasteiger partial charge in [0.15, 0.2) is 0 Å². The Morgan fingerprint density at radius 3 is 2.63 bits per heavy atom. The molecular weight excluding hydrogens is 238 g/mol. The highest BCUT2D eigenvalue weighted by Gasteiger charge is 2.39. The van der Waals surface area contributed by atoms with E-state index in [0.717, 1.165) is 32.4 Å². The number of hydrogen-bond donors (Lipinski definition) is 2. The van der Waals surface area contributed by atoms with Crippen LogP contribution in [0.5, 0.6) is 0 Å². The predicted molar refractivity (Wildman–Crippen MR) is 76.7 cm³/mol. The Kier molecular flexibility index (Phi) is 5.37. The Bertz CT molecular complexity index is 368. The molecule has 1 fully saturated rings. The molecule has 19 heavy (non-hydrogen) atoms. The molecule has 2 rings (SSSR count). The van der Waals surface area contributed by atoms with Crippen molar-refractivity contribution in [2.75, 3.05) is 13.2 Å². The van der Waals surface area contributed by atoms with Crippen LogP contribution in [-0.2, 0) is 6.54 Å². The summed E-state index contributed by atoms with van der Waals surface area (Å²) >= 11 is 0. The lowest BCUT2D eigenvalue weighted by Crippen LogP contribution is -2.38. The molecule has 1 aromatic rings. The standard InChI is InChI=1S/C16H25NO2/c1-2-3-9-14-11-17(15(12-18)16(14)19)10-13-7-5-4-6-8-13/h4-8,14-16,18-19H,2-3,9-12H2,1H3/t14-,15-,16+/m0/s1. The molecule has 1 aromatic carbocycles. The van der Waals surface area contributed by atoms with Gasteiger partial charge < -0.3 is 10.2 Å². The minimum absolute atomic E-state index is 0.0383. The lowest BCUT2D eigenvalue weighted by Gasteiger charge is -2.24. The van der Waals surface area contributed by atoms with Crippen LogP contribution < -0.4 is 0 Å². The number of aliphatic hydroxyl groups excluding tert-OH is 2. The van der Waals surface area contributed by atoms with Crippen molar-refractivity contribution >= 4 is 0 Å². The van der Waals surface area contributed by atoms with Crippen LogP contribution in [0.1, 0.15) is 31.7 Å². The summed E-state index contributed by atoms with van der Waals surface area (Å²) in [6.07, 6.45) is 2.98. The van der Waals surface area contributed by atoms with Crippen molar-refractivity contribution in [1.29, 1.82) is 0 Å². The molecule has 0 radical (unpaired) electrons. The second-order valence-electron chi connectivity index (χ2n) is 5.56. The minimum atomic E-state index is -0.389. The van der Waals surface area contributed by atoms with Crippen molar-refractivity contribution in [2.24, 2.45) is 5.92 Å². The van der Waals surface area contributed by atoms with Gasteiger partial charge in [-0.2, -0.15) is 0 Å². The van der Waals surface area contributed by atoms with E-state index in [4.69, 9.17) is 0 Å². The molecule has 0 bridgehead atoms. The van der Waals surface area contributed by atoms with Gasteiger partial charge in [0.2, 0.25) is 0 Å². The van der Waals surface area contributed by atoms with Gasteiger partial charge in [-0.15, -0.1) is 0 Å². The Morgan fingerprint density at radius 2 is 2.00 bits per heavy atom. The largest absolute Gasteiger partial charge is 0.395 e. The second-order valence-corrected chi connectivity index (χ2v) is 5.56. The summed E-state index contributed by atoms with van der Waals surface area (Å²) in [5.74, 6) is 0.306. The zero-order valence-electron chi connectivity index (χ0n) is 11.7. The first kappa shape index (κ1) is 14.5. The second kappa shape index (κ2) is 7.04. The Labute approximate surface area is 115 Å². The normalized spacial score (nSPS) is 27.8. The zero-order chi connectivity index (χ0) is 13.7. The molecule has 0 aliphatic carbocycles. The summed E-state index contributed by atoms with van der Waals surface area (Å²) in [5.41, 5.74) is 1.24. The molecule has 0 unspecified atom stereocenters. The molecule has 1 aliphatic heterocycles. The number of rotatable bonds is 6. The van der Waals surface area contributed by atoms with Crippen molar-refractivity contribution in [3.8, 4) is 0 Å². The maximum Gasteiger partial charge on any atom is 0.0758 e. The van der Waals surface area contributed by atoms with Gasteiger partial charge in [-0.05, 0) is 17.9 Å². The smallest absolute Gasteiger partial charge is 0.0758 e. The molecule has 0 spiro atoms. The van der Waals surface area contributed by atoms with Gasteiger partial charge in [-0.1, -0.05) is 50.1 Å². The van der Waals surface area contributed by atoms with Gasteiger partial charge in [-0.25, -0.2) is 0 Å². The Balaban J connectivity index is 1.99. The van der Waals surface area contributed by atoms with E-state index in [1.165, 1.54) is 5.56 Å². The maximum absolute atomic E-state index is 10.3. The molecule has 0 saturated carbocycles. The summed E-state index contributed by atoms with van der Waals surface area (Å²) in [4.78, 5) is 2.22. The van der Waals surface area contributed by atoms with Gasteiger partial charge in [0.25, 0.3) is 0 Å². The molecule has 3 heteroatoms. The van der Waals surface area contributed by atoms with Crippen LogP contribution in [0.25, 0.3) is 0 Å². The van der Waals surface area contributed by atoms with Crippen LogP contribution in [0.15, 0.2) is 30.3 Å². The fraction of sp³-hybridized carbons (Fsp3) is 0.625. The van der Waals surface area contributed by atoms with Crippen LogP contribution in [0.4, 0.5) is 0 Å². The van der Waals surface area contributed by atoms with Crippen LogP contribution in [-0.4, -0.2) is 40.4 Å². The number of unbranched alkanes of at least 4 members (excludes halogenated alkanes) is 1. The Hall–Kier alpha value is -0.900. The maximum atomic E-state index is 10.3. The molecule has 0 amide bonds. The summed E-state index contributed by atoms with van der Waals surface area (Å²) in [5, 5.41) is 19.8. The highest BCUT2D eigenvalue weighted by Crippen LogP contribution is 2.29. The number of aliphatic hydroxyl groups is 2. The van der Waals surface area contributed by atoms with E-state index in [0.29, 0.717) is 5.92 Å². The molecule has 3 atom stereocenters. The van der Waals surface area contributed by atoms with Crippen LogP contribution >= 0.6 is 0 Å². The van der Waals surface area contributed by atoms with Crippen molar-refractivity contribution in [3.63, 3.8) is 0 Å². The highest BCUT2D eigenvalue weighted by atomic mass is 16.3. The molecule has 1 heterocycles.